The van der Waals surface area contributed by atoms with Crippen LogP contribution < -0.4 is 0 Å². The van der Waals surface area contributed by atoms with Crippen molar-refractivity contribution < 1.29 is 13.2 Å². The number of halogens is 3. The van der Waals surface area contributed by atoms with Crippen molar-refractivity contribution in [3.05, 3.63) is 100 Å². The van der Waals surface area contributed by atoms with E-state index >= 15 is 0 Å². The van der Waals surface area contributed by atoms with E-state index in [1.165, 1.54) is 12.1 Å². The molecule has 0 spiro atoms. The molecule has 0 amide bonds. The van der Waals surface area contributed by atoms with Gasteiger partial charge in [0.2, 0.25) is 0 Å². The van der Waals surface area contributed by atoms with Crippen LogP contribution in [0.4, 0.5) is 13.2 Å². The fourth-order valence-corrected chi connectivity index (χ4v) is 4.40. The highest BCUT2D eigenvalue weighted by atomic mass is 19.1. The van der Waals surface area contributed by atoms with E-state index in [1.54, 1.807) is 31.5 Å². The maximum Gasteiger partial charge on any atom is 0.129 e. The SMILES string of the molecule is C=C(C)c1cncc(C2=C(c3cc(F)ccc3CCc3c(C)cc(F)cc3F)CCC2)n1. The van der Waals surface area contributed by atoms with Crippen LogP contribution in [-0.4, -0.2) is 9.97 Å². The van der Waals surface area contributed by atoms with E-state index in [2.05, 4.69) is 11.6 Å². The minimum atomic E-state index is -0.579. The molecule has 3 aromatic rings. The van der Waals surface area contributed by atoms with Crippen molar-refractivity contribution in [2.75, 3.05) is 0 Å². The van der Waals surface area contributed by atoms with E-state index in [1.807, 2.05) is 6.92 Å². The third kappa shape index (κ3) is 4.52. The highest BCUT2D eigenvalue weighted by molar-refractivity contribution is 5.92. The number of aryl methyl sites for hydroxylation is 2. The fourth-order valence-electron chi connectivity index (χ4n) is 4.40. The first-order valence-corrected chi connectivity index (χ1v) is 10.8. The molecule has 2 aromatic carbocycles. The van der Waals surface area contributed by atoms with Gasteiger partial charge in [0.25, 0.3) is 0 Å². The smallest absolute Gasteiger partial charge is 0.129 e. The molecular weight excluding hydrogens is 409 g/mol. The zero-order valence-electron chi connectivity index (χ0n) is 18.3. The Morgan fingerprint density at radius 2 is 1.75 bits per heavy atom. The number of nitrogens with zero attached hydrogens (tertiary/aromatic N) is 2. The number of allylic oxidation sites excluding steroid dienone is 3. The Hall–Kier alpha value is -3.21. The fraction of sp³-hybridized carbons (Fsp3) is 0.259. The Balaban J connectivity index is 1.72. The molecule has 0 fully saturated rings. The maximum absolute atomic E-state index is 14.3. The molecule has 1 heterocycles. The average molecular weight is 435 g/mol. The molecule has 0 saturated heterocycles. The van der Waals surface area contributed by atoms with Crippen LogP contribution in [0.2, 0.25) is 0 Å². The Bertz CT molecular complexity index is 1200. The lowest BCUT2D eigenvalue weighted by molar-refractivity contribution is 0.568. The number of rotatable bonds is 6. The quantitative estimate of drug-likeness (QED) is 0.413. The number of hydrogen-bond acceptors (Lipinski definition) is 2. The Morgan fingerprint density at radius 3 is 2.50 bits per heavy atom. The largest absolute Gasteiger partial charge is 0.260 e. The Kier molecular flexibility index (Phi) is 6.26. The molecule has 164 valence electrons. The van der Waals surface area contributed by atoms with E-state index in [0.717, 1.165) is 64.6 Å². The first-order valence-electron chi connectivity index (χ1n) is 10.8. The second kappa shape index (κ2) is 9.11. The van der Waals surface area contributed by atoms with Gasteiger partial charge >= 0.3 is 0 Å². The predicted octanol–water partition coefficient (Wildman–Crippen LogP) is 7.12. The molecule has 5 heteroatoms. The third-order valence-corrected chi connectivity index (χ3v) is 6.02. The molecule has 1 aliphatic carbocycles. The van der Waals surface area contributed by atoms with Gasteiger partial charge in [0.1, 0.15) is 17.5 Å². The van der Waals surface area contributed by atoms with Crippen molar-refractivity contribution in [2.45, 2.75) is 46.0 Å². The van der Waals surface area contributed by atoms with E-state index in [4.69, 9.17) is 4.98 Å². The first kappa shape index (κ1) is 22.0. The zero-order valence-corrected chi connectivity index (χ0v) is 18.3. The molecule has 0 N–H and O–H groups in total. The summed E-state index contributed by atoms with van der Waals surface area (Å²) in [5.74, 6) is -1.43. The number of benzene rings is 2. The first-order chi connectivity index (χ1) is 15.3. The Morgan fingerprint density at radius 1 is 0.969 bits per heavy atom. The van der Waals surface area contributed by atoms with Crippen LogP contribution in [0.1, 0.15) is 59.8 Å². The lowest BCUT2D eigenvalue weighted by Gasteiger charge is -2.15. The molecule has 1 aliphatic rings. The summed E-state index contributed by atoms with van der Waals surface area (Å²) in [6, 6.07) is 7.01. The van der Waals surface area contributed by atoms with Crippen LogP contribution in [-0.2, 0) is 12.8 Å². The van der Waals surface area contributed by atoms with Crippen molar-refractivity contribution in [1.29, 1.82) is 0 Å². The topological polar surface area (TPSA) is 25.8 Å². The van der Waals surface area contributed by atoms with Crippen LogP contribution in [0, 0.1) is 24.4 Å². The van der Waals surface area contributed by atoms with Crippen LogP contribution in [0.15, 0.2) is 49.3 Å². The molecular formula is C27H25F3N2. The molecule has 0 atom stereocenters. The van der Waals surface area contributed by atoms with Crippen LogP contribution >= 0.6 is 0 Å². The van der Waals surface area contributed by atoms with Crippen molar-refractivity contribution in [2.24, 2.45) is 0 Å². The summed E-state index contributed by atoms with van der Waals surface area (Å²) >= 11 is 0. The lowest BCUT2D eigenvalue weighted by atomic mass is 9.91. The normalized spacial score (nSPS) is 13.7. The van der Waals surface area contributed by atoms with Crippen LogP contribution in [0.25, 0.3) is 16.7 Å². The van der Waals surface area contributed by atoms with Gasteiger partial charge in [-0.15, -0.1) is 0 Å². The summed E-state index contributed by atoms with van der Waals surface area (Å²) in [6.07, 6.45) is 6.96. The van der Waals surface area contributed by atoms with Gasteiger partial charge < -0.3 is 0 Å². The van der Waals surface area contributed by atoms with Crippen molar-refractivity contribution in [1.82, 2.24) is 9.97 Å². The van der Waals surface area contributed by atoms with Gasteiger partial charge in [-0.2, -0.15) is 0 Å². The maximum atomic E-state index is 14.3. The number of aromatic nitrogens is 2. The van der Waals surface area contributed by atoms with Gasteiger partial charge in [-0.25, -0.2) is 18.2 Å². The van der Waals surface area contributed by atoms with E-state index in [9.17, 15) is 13.2 Å². The highest BCUT2D eigenvalue weighted by Gasteiger charge is 2.22. The summed E-state index contributed by atoms with van der Waals surface area (Å²) in [4.78, 5) is 9.03. The molecule has 0 saturated carbocycles. The monoisotopic (exact) mass is 434 g/mol. The van der Waals surface area contributed by atoms with E-state index < -0.39 is 11.6 Å². The van der Waals surface area contributed by atoms with Crippen molar-refractivity contribution >= 4 is 16.7 Å². The molecule has 0 bridgehead atoms. The van der Waals surface area contributed by atoms with Crippen molar-refractivity contribution in [3.63, 3.8) is 0 Å². The highest BCUT2D eigenvalue weighted by Crippen LogP contribution is 2.40. The molecule has 0 unspecified atom stereocenters. The van der Waals surface area contributed by atoms with E-state index in [0.29, 0.717) is 24.0 Å². The summed E-state index contributed by atoms with van der Waals surface area (Å²) < 4.78 is 42.1. The second-order valence-corrected chi connectivity index (χ2v) is 8.37. The van der Waals surface area contributed by atoms with Gasteiger partial charge in [0, 0.05) is 6.07 Å². The lowest BCUT2D eigenvalue weighted by Crippen LogP contribution is -2.03. The minimum absolute atomic E-state index is 0.312. The van der Waals surface area contributed by atoms with Crippen molar-refractivity contribution in [3.8, 4) is 0 Å². The zero-order chi connectivity index (χ0) is 22.8. The van der Waals surface area contributed by atoms with Gasteiger partial charge in [-0.05, 0) is 103 Å². The molecule has 2 nitrogen and oxygen atoms in total. The summed E-state index contributed by atoms with van der Waals surface area (Å²) in [7, 11) is 0. The molecule has 4 rings (SSSR count). The van der Waals surface area contributed by atoms with Gasteiger partial charge in [0.15, 0.2) is 0 Å². The molecule has 0 aliphatic heterocycles. The average Bonchev–Trinajstić information content (AvgIpc) is 3.23. The van der Waals surface area contributed by atoms with Gasteiger partial charge in [-0.1, -0.05) is 12.6 Å². The predicted molar refractivity (Wildman–Crippen MR) is 122 cm³/mol. The van der Waals surface area contributed by atoms with Crippen LogP contribution in [0.5, 0.6) is 0 Å². The molecule has 1 aromatic heterocycles. The molecule has 0 radical (unpaired) electrons. The molecule has 32 heavy (non-hydrogen) atoms. The van der Waals surface area contributed by atoms with Crippen LogP contribution in [0.3, 0.4) is 0 Å². The minimum Gasteiger partial charge on any atom is -0.260 e. The third-order valence-electron chi connectivity index (χ3n) is 6.02. The summed E-state index contributed by atoms with van der Waals surface area (Å²) in [5.41, 5.74) is 7.33. The number of hydrogen-bond donors (Lipinski definition) is 0. The summed E-state index contributed by atoms with van der Waals surface area (Å²) in [6.45, 7) is 7.54. The second-order valence-electron chi connectivity index (χ2n) is 8.37. The Labute approximate surface area is 186 Å². The summed E-state index contributed by atoms with van der Waals surface area (Å²) in [5, 5.41) is 0. The van der Waals surface area contributed by atoms with E-state index in [-0.39, 0.29) is 5.82 Å². The van der Waals surface area contributed by atoms with Gasteiger partial charge in [-0.3, -0.25) is 4.98 Å². The standard InChI is InChI=1S/C27H25F3N2/c1-16(2)26-14-31-15-27(32-26)23-6-4-5-22(23)24-12-19(28)9-7-18(24)8-10-21-17(3)11-20(29)13-25(21)30/h7,9,11-15H,1,4-6,8,10H2,2-3H3. The van der Waals surface area contributed by atoms with Gasteiger partial charge in [0.05, 0.1) is 23.8 Å².